The minimum Gasteiger partial charge on any atom is -0.465 e. The van der Waals surface area contributed by atoms with Gasteiger partial charge in [-0.3, -0.25) is 0 Å². The third-order valence-corrected chi connectivity index (χ3v) is 5.77. The second-order valence-electron chi connectivity index (χ2n) is 9.88. The van der Waals surface area contributed by atoms with Crippen LogP contribution in [0.1, 0.15) is 78.4 Å². The summed E-state index contributed by atoms with van der Waals surface area (Å²) >= 11 is 0. The lowest BCUT2D eigenvalue weighted by atomic mass is 9.78. The molecule has 0 bridgehead atoms. The molecule has 0 aliphatic rings. The molecule has 0 aliphatic carbocycles. The lowest BCUT2D eigenvalue weighted by Crippen LogP contribution is -2.22. The summed E-state index contributed by atoms with van der Waals surface area (Å²) in [5.74, 6) is 1.62. The van der Waals surface area contributed by atoms with Crippen LogP contribution in [0.5, 0.6) is 11.5 Å². The summed E-state index contributed by atoms with van der Waals surface area (Å²) < 4.78 is 23.9. The van der Waals surface area contributed by atoms with E-state index >= 15 is 0 Å². The largest absolute Gasteiger partial charge is 0.465 e. The molecule has 0 spiro atoms. The molecule has 2 aromatic rings. The second-order valence-corrected chi connectivity index (χ2v) is 9.88. The monoisotopic (exact) mass is 480 g/mol. The van der Waals surface area contributed by atoms with Gasteiger partial charge in [0.2, 0.25) is 0 Å². The van der Waals surface area contributed by atoms with Gasteiger partial charge in [-0.1, -0.05) is 89.1 Å². The first-order valence-electron chi connectivity index (χ1n) is 12.7. The molecule has 2 atom stereocenters. The van der Waals surface area contributed by atoms with Crippen LogP contribution in [0.4, 0.5) is 0 Å². The molecular weight excluding hydrogens is 436 g/mol. The maximum Gasteiger partial charge on any atom is 0.200 e. The van der Waals surface area contributed by atoms with Crippen molar-refractivity contribution in [2.45, 2.75) is 85.2 Å². The fourth-order valence-corrected chi connectivity index (χ4v) is 3.66. The minimum atomic E-state index is -0.265. The first-order valence-corrected chi connectivity index (χ1v) is 12.7. The van der Waals surface area contributed by atoms with E-state index in [4.69, 9.17) is 18.9 Å². The molecule has 4 nitrogen and oxygen atoms in total. The van der Waals surface area contributed by atoms with E-state index < -0.39 is 0 Å². The smallest absolute Gasteiger partial charge is 0.200 e. The van der Waals surface area contributed by atoms with Gasteiger partial charge in [-0.2, -0.15) is 0 Å². The van der Waals surface area contributed by atoms with Gasteiger partial charge in [0.05, 0.1) is 13.2 Å². The van der Waals surface area contributed by atoms with E-state index in [0.717, 1.165) is 48.3 Å². The molecule has 2 rings (SSSR count). The second kappa shape index (κ2) is 14.1. The van der Waals surface area contributed by atoms with Crippen LogP contribution in [0.15, 0.2) is 72.8 Å². The number of ether oxygens (including phenoxy) is 4. The van der Waals surface area contributed by atoms with E-state index in [1.165, 1.54) is 11.1 Å². The molecule has 0 saturated heterocycles. The number of rotatable bonds is 16. The van der Waals surface area contributed by atoms with Crippen molar-refractivity contribution in [2.75, 3.05) is 13.2 Å². The van der Waals surface area contributed by atoms with Gasteiger partial charge >= 0.3 is 0 Å². The molecular formula is C31H44O4. The predicted octanol–water partition coefficient (Wildman–Crippen LogP) is 8.21. The summed E-state index contributed by atoms with van der Waals surface area (Å²) in [4.78, 5) is 0. The average molecular weight is 481 g/mol. The maximum absolute atomic E-state index is 6.09. The first-order chi connectivity index (χ1) is 16.6. The van der Waals surface area contributed by atoms with E-state index in [-0.39, 0.29) is 18.0 Å². The molecule has 2 unspecified atom stereocenters. The molecule has 0 N–H and O–H groups in total. The Morgan fingerprint density at radius 2 is 1.03 bits per heavy atom. The van der Waals surface area contributed by atoms with Gasteiger partial charge in [-0.15, -0.1) is 0 Å². The van der Waals surface area contributed by atoms with Gasteiger partial charge in [-0.05, 0) is 49.2 Å². The minimum absolute atomic E-state index is 0.171. The third kappa shape index (κ3) is 9.54. The summed E-state index contributed by atoms with van der Waals surface area (Å²) in [6.07, 6.45) is 3.13. The van der Waals surface area contributed by atoms with E-state index in [9.17, 15) is 0 Å². The highest BCUT2D eigenvalue weighted by Gasteiger charge is 2.23. The Hall–Kier alpha value is -2.56. The number of benzene rings is 2. The molecule has 0 saturated carbocycles. The normalized spacial score (nSPS) is 13.2. The maximum atomic E-state index is 6.09. The summed E-state index contributed by atoms with van der Waals surface area (Å²) in [6.45, 7) is 21.5. The molecule has 2 aromatic carbocycles. The van der Waals surface area contributed by atoms with Gasteiger partial charge in [-0.25, -0.2) is 0 Å². The molecule has 35 heavy (non-hydrogen) atoms. The number of hydrogen-bond donors (Lipinski definition) is 0. The topological polar surface area (TPSA) is 36.9 Å². The quantitative estimate of drug-likeness (QED) is 0.179. The molecule has 0 amide bonds. The summed E-state index contributed by atoms with van der Waals surface area (Å²) in [6, 6.07) is 16.6. The summed E-state index contributed by atoms with van der Waals surface area (Å²) in [5, 5.41) is 0. The van der Waals surface area contributed by atoms with Gasteiger partial charge in [0.25, 0.3) is 0 Å². The summed E-state index contributed by atoms with van der Waals surface area (Å²) in [5.41, 5.74) is 4.23. The highest BCUT2D eigenvalue weighted by molar-refractivity contribution is 5.41. The van der Waals surface area contributed by atoms with Crippen molar-refractivity contribution in [1.82, 2.24) is 0 Å². The molecule has 192 valence electrons. The van der Waals surface area contributed by atoms with Gasteiger partial charge in [0.1, 0.15) is 11.5 Å². The summed E-state index contributed by atoms with van der Waals surface area (Å²) in [7, 11) is 0. The van der Waals surface area contributed by atoms with Crippen LogP contribution < -0.4 is 9.47 Å². The average Bonchev–Trinajstić information content (AvgIpc) is 2.82. The van der Waals surface area contributed by atoms with Crippen LogP contribution in [-0.4, -0.2) is 25.8 Å². The molecule has 4 heteroatoms. The zero-order valence-electron chi connectivity index (χ0n) is 22.6. The number of hydrogen-bond acceptors (Lipinski definition) is 4. The van der Waals surface area contributed by atoms with Crippen molar-refractivity contribution in [3.05, 3.63) is 84.0 Å². The van der Waals surface area contributed by atoms with Crippen molar-refractivity contribution >= 4 is 0 Å². The van der Waals surface area contributed by atoms with Crippen molar-refractivity contribution < 1.29 is 18.9 Å². The predicted molar refractivity (Wildman–Crippen MR) is 145 cm³/mol. The van der Waals surface area contributed by atoms with Crippen LogP contribution >= 0.6 is 0 Å². The molecule has 0 fully saturated rings. The van der Waals surface area contributed by atoms with E-state index in [2.05, 4.69) is 65.1 Å². The Morgan fingerprint density at radius 1 is 0.686 bits per heavy atom. The van der Waals surface area contributed by atoms with E-state index in [1.807, 2.05) is 38.1 Å². The highest BCUT2D eigenvalue weighted by atomic mass is 16.7. The Bertz CT molecular complexity index is 837. The molecule has 0 heterocycles. The Morgan fingerprint density at radius 3 is 1.31 bits per heavy atom. The molecule has 0 aromatic heterocycles. The van der Waals surface area contributed by atoms with Crippen molar-refractivity contribution in [1.29, 1.82) is 0 Å². The lowest BCUT2D eigenvalue weighted by molar-refractivity contribution is -0.0763. The van der Waals surface area contributed by atoms with Gasteiger partial charge < -0.3 is 18.9 Å². The first kappa shape index (κ1) is 28.7. The fourth-order valence-electron chi connectivity index (χ4n) is 3.66. The van der Waals surface area contributed by atoms with Gasteiger partial charge in [0.15, 0.2) is 12.6 Å². The Labute approximate surface area is 212 Å². The van der Waals surface area contributed by atoms with Gasteiger partial charge in [0, 0.05) is 18.3 Å². The van der Waals surface area contributed by atoms with E-state index in [1.54, 1.807) is 0 Å². The van der Waals surface area contributed by atoms with Crippen molar-refractivity contribution in [3.8, 4) is 11.5 Å². The Balaban J connectivity index is 2.06. The van der Waals surface area contributed by atoms with Crippen LogP contribution in [-0.2, 0) is 14.9 Å². The fraction of sp³-hybridized carbons (Fsp3) is 0.484. The zero-order valence-corrected chi connectivity index (χ0v) is 22.6. The molecule has 0 radical (unpaired) electrons. The van der Waals surface area contributed by atoms with E-state index in [0.29, 0.717) is 13.2 Å². The van der Waals surface area contributed by atoms with Crippen LogP contribution in [0.25, 0.3) is 0 Å². The standard InChI is InChI=1S/C31H44O4/c1-9-11-29(32-21-23(3)4)34-27-17-13-25(14-18-27)31(7,8)26-15-19-28(20-16-26)35-30(12-10-2)33-22-24(5)6/h13-20,29-30H,3,5,9-12,21-22H2,1-2,4,6-8H3. The zero-order chi connectivity index (χ0) is 25.8. The third-order valence-electron chi connectivity index (χ3n) is 5.77. The van der Waals surface area contributed by atoms with Crippen LogP contribution in [0.3, 0.4) is 0 Å². The van der Waals surface area contributed by atoms with Crippen molar-refractivity contribution in [3.63, 3.8) is 0 Å². The van der Waals surface area contributed by atoms with Crippen molar-refractivity contribution in [2.24, 2.45) is 0 Å². The SMILES string of the molecule is C=C(C)COC(CCC)Oc1ccc(C(C)(C)c2ccc(OC(CCC)OCC(=C)C)cc2)cc1. The molecule has 0 aliphatic heterocycles. The van der Waals surface area contributed by atoms with Crippen LogP contribution in [0, 0.1) is 0 Å². The Kier molecular flexibility index (Phi) is 11.6. The highest BCUT2D eigenvalue weighted by Crippen LogP contribution is 2.34. The van der Waals surface area contributed by atoms with Crippen LogP contribution in [0.2, 0.25) is 0 Å². The lowest BCUT2D eigenvalue weighted by Gasteiger charge is -2.27.